The molecule has 3 rings (SSSR count). The lowest BCUT2D eigenvalue weighted by Gasteiger charge is -2.20. The first kappa shape index (κ1) is 21.4. The monoisotopic (exact) mass is 444 g/mol. The first-order valence-electron chi connectivity index (χ1n) is 8.31. The van der Waals surface area contributed by atoms with Gasteiger partial charge in [0.2, 0.25) is 0 Å². The van der Waals surface area contributed by atoms with E-state index in [1.54, 1.807) is 0 Å². The van der Waals surface area contributed by atoms with E-state index in [2.05, 4.69) is 15.4 Å². The Morgan fingerprint density at radius 3 is 2.67 bits per heavy atom. The molecule has 0 aliphatic heterocycles. The second-order valence-corrected chi connectivity index (χ2v) is 6.34. The fourth-order valence-electron chi connectivity index (χ4n) is 2.63. The van der Waals surface area contributed by atoms with E-state index in [9.17, 15) is 22.4 Å². The summed E-state index contributed by atoms with van der Waals surface area (Å²) in [6.45, 7) is -0.380. The molecular weight excluding hydrogens is 432 g/mol. The van der Waals surface area contributed by atoms with Crippen LogP contribution in [0.5, 0.6) is 5.75 Å². The number of benzene rings is 2. The normalized spacial score (nSPS) is 12.1. The van der Waals surface area contributed by atoms with Gasteiger partial charge in [0.1, 0.15) is 18.8 Å². The van der Waals surface area contributed by atoms with Gasteiger partial charge in [-0.3, -0.25) is 0 Å². The number of nitrogens with one attached hydrogen (secondary N) is 1. The highest BCUT2D eigenvalue weighted by atomic mass is 35.5. The maximum atomic E-state index is 13.8. The third-order valence-corrected chi connectivity index (χ3v) is 4.29. The van der Waals surface area contributed by atoms with E-state index < -0.39 is 36.0 Å². The molecule has 7 nitrogen and oxygen atoms in total. The zero-order valence-electron chi connectivity index (χ0n) is 14.9. The van der Waals surface area contributed by atoms with Crippen LogP contribution in [0.1, 0.15) is 23.9 Å². The van der Waals surface area contributed by atoms with Crippen molar-refractivity contribution in [2.45, 2.75) is 12.5 Å². The van der Waals surface area contributed by atoms with Crippen LogP contribution in [0.4, 0.5) is 22.4 Å². The Morgan fingerprint density at radius 2 is 2.00 bits per heavy atom. The van der Waals surface area contributed by atoms with Crippen LogP contribution in [-0.2, 0) is 0 Å². The predicted molar refractivity (Wildman–Crippen MR) is 97.1 cm³/mol. The van der Waals surface area contributed by atoms with Crippen molar-refractivity contribution in [3.05, 3.63) is 70.8 Å². The number of halogens is 5. The molecule has 2 N–H and O–H groups in total. The van der Waals surface area contributed by atoms with E-state index >= 15 is 0 Å². The standard InChI is InChI=1S/C18H13ClF4N4O3/c19-11-3-1-9(5-14(11)27-17(16(22)23)24-8-25-27)13(26-18(28)29)7-30-15-4-2-10(20)6-12(15)21/h1-6,8,13,16,26H,7H2,(H,28,29)/t13-/m1/s1. The molecule has 0 unspecified atom stereocenters. The summed E-state index contributed by atoms with van der Waals surface area (Å²) < 4.78 is 59.2. The van der Waals surface area contributed by atoms with Crippen molar-refractivity contribution < 1.29 is 32.2 Å². The summed E-state index contributed by atoms with van der Waals surface area (Å²) in [4.78, 5) is 14.7. The van der Waals surface area contributed by atoms with Crippen LogP contribution in [0.15, 0.2) is 42.7 Å². The van der Waals surface area contributed by atoms with Gasteiger partial charge in [-0.05, 0) is 29.8 Å². The number of carbonyl (C=O) groups is 1. The molecular formula is C18H13ClF4N4O3. The van der Waals surface area contributed by atoms with Crippen LogP contribution < -0.4 is 10.1 Å². The van der Waals surface area contributed by atoms with Crippen LogP contribution in [-0.4, -0.2) is 32.6 Å². The molecule has 2 aromatic carbocycles. The average Bonchev–Trinajstić information content (AvgIpc) is 3.16. The van der Waals surface area contributed by atoms with E-state index in [-0.39, 0.29) is 28.6 Å². The average molecular weight is 445 g/mol. The molecule has 0 bridgehead atoms. The maximum Gasteiger partial charge on any atom is 0.405 e. The minimum absolute atomic E-state index is 0.0344. The number of carboxylic acid groups (broad SMARTS) is 1. The number of rotatable bonds is 7. The zero-order chi connectivity index (χ0) is 21.8. The molecule has 0 spiro atoms. The van der Waals surface area contributed by atoms with E-state index in [1.165, 1.54) is 18.2 Å². The Bertz CT molecular complexity index is 1060. The van der Waals surface area contributed by atoms with Gasteiger partial charge in [0.05, 0.1) is 16.8 Å². The lowest BCUT2D eigenvalue weighted by molar-refractivity contribution is 0.137. The summed E-state index contributed by atoms with van der Waals surface area (Å²) in [6.07, 6.45) is -3.41. The van der Waals surface area contributed by atoms with Crippen LogP contribution in [0.3, 0.4) is 0 Å². The number of alkyl halides is 2. The van der Waals surface area contributed by atoms with Gasteiger partial charge in [-0.15, -0.1) is 0 Å². The summed E-state index contributed by atoms with van der Waals surface area (Å²) in [5, 5.41) is 15.1. The summed E-state index contributed by atoms with van der Waals surface area (Å²) >= 11 is 6.10. The minimum Gasteiger partial charge on any atom is -0.488 e. The number of aromatic nitrogens is 3. The molecule has 1 atom stereocenters. The Morgan fingerprint density at radius 1 is 1.23 bits per heavy atom. The van der Waals surface area contributed by atoms with Gasteiger partial charge in [-0.2, -0.15) is 5.10 Å². The Hall–Kier alpha value is -3.34. The molecule has 1 heterocycles. The van der Waals surface area contributed by atoms with Crippen LogP contribution >= 0.6 is 11.6 Å². The highest BCUT2D eigenvalue weighted by Gasteiger charge is 2.22. The third-order valence-electron chi connectivity index (χ3n) is 3.97. The molecule has 0 saturated carbocycles. The van der Waals surface area contributed by atoms with Gasteiger partial charge >= 0.3 is 6.09 Å². The summed E-state index contributed by atoms with van der Waals surface area (Å²) in [5.41, 5.74) is 0.308. The van der Waals surface area contributed by atoms with Gasteiger partial charge in [0.25, 0.3) is 6.43 Å². The second kappa shape index (κ2) is 8.99. The van der Waals surface area contributed by atoms with Crippen molar-refractivity contribution in [3.8, 4) is 11.4 Å². The highest BCUT2D eigenvalue weighted by molar-refractivity contribution is 6.32. The molecule has 1 aromatic heterocycles. The molecule has 0 fully saturated rings. The molecule has 158 valence electrons. The maximum absolute atomic E-state index is 13.8. The molecule has 0 aliphatic carbocycles. The smallest absolute Gasteiger partial charge is 0.405 e. The quantitative estimate of drug-likeness (QED) is 0.523. The first-order valence-corrected chi connectivity index (χ1v) is 8.69. The predicted octanol–water partition coefficient (Wildman–Crippen LogP) is 4.52. The number of amides is 1. The number of ether oxygens (including phenoxy) is 1. The molecule has 3 aromatic rings. The van der Waals surface area contributed by atoms with Gasteiger partial charge in [0, 0.05) is 6.07 Å². The summed E-state index contributed by atoms with van der Waals surface area (Å²) in [7, 11) is 0. The fraction of sp³-hybridized carbons (Fsp3) is 0.167. The SMILES string of the molecule is O=C(O)N[C@H](COc1ccc(F)cc1F)c1ccc(Cl)c(-n2ncnc2C(F)F)c1. The number of nitrogens with zero attached hydrogens (tertiary/aromatic N) is 3. The fourth-order valence-corrected chi connectivity index (χ4v) is 2.83. The molecule has 30 heavy (non-hydrogen) atoms. The van der Waals surface area contributed by atoms with Crippen molar-refractivity contribution in [1.82, 2.24) is 20.1 Å². The van der Waals surface area contributed by atoms with E-state index in [0.717, 1.165) is 23.1 Å². The Balaban J connectivity index is 1.92. The lowest BCUT2D eigenvalue weighted by atomic mass is 10.1. The van der Waals surface area contributed by atoms with E-state index in [0.29, 0.717) is 6.07 Å². The molecule has 0 radical (unpaired) electrons. The van der Waals surface area contributed by atoms with Crippen molar-refractivity contribution in [3.63, 3.8) is 0 Å². The Labute approximate surface area is 171 Å². The van der Waals surface area contributed by atoms with Gasteiger partial charge < -0.3 is 15.2 Å². The van der Waals surface area contributed by atoms with Crippen molar-refractivity contribution in [2.75, 3.05) is 6.61 Å². The van der Waals surface area contributed by atoms with Gasteiger partial charge in [-0.25, -0.2) is 32.0 Å². The van der Waals surface area contributed by atoms with E-state index in [1.807, 2.05) is 0 Å². The van der Waals surface area contributed by atoms with Crippen LogP contribution in [0, 0.1) is 11.6 Å². The summed E-state index contributed by atoms with van der Waals surface area (Å²) in [6, 6.07) is 5.74. The lowest BCUT2D eigenvalue weighted by Crippen LogP contribution is -2.31. The van der Waals surface area contributed by atoms with E-state index in [4.69, 9.17) is 21.4 Å². The molecule has 0 saturated heterocycles. The van der Waals surface area contributed by atoms with Crippen LogP contribution in [0.25, 0.3) is 5.69 Å². The molecule has 12 heteroatoms. The Kier molecular flexibility index (Phi) is 6.40. The molecule has 1 amide bonds. The van der Waals surface area contributed by atoms with Crippen molar-refractivity contribution >= 4 is 17.7 Å². The number of hydrogen-bond donors (Lipinski definition) is 2. The van der Waals surface area contributed by atoms with Crippen molar-refractivity contribution in [1.29, 1.82) is 0 Å². The van der Waals surface area contributed by atoms with Crippen molar-refractivity contribution in [2.24, 2.45) is 0 Å². The zero-order valence-corrected chi connectivity index (χ0v) is 15.7. The largest absolute Gasteiger partial charge is 0.488 e. The highest BCUT2D eigenvalue weighted by Crippen LogP contribution is 2.28. The summed E-state index contributed by atoms with van der Waals surface area (Å²) in [5.74, 6) is -2.71. The molecule has 0 aliphatic rings. The van der Waals surface area contributed by atoms with Gasteiger partial charge in [-0.1, -0.05) is 17.7 Å². The van der Waals surface area contributed by atoms with Crippen LogP contribution in [0.2, 0.25) is 5.02 Å². The minimum atomic E-state index is -2.93. The number of hydrogen-bond acceptors (Lipinski definition) is 4. The van der Waals surface area contributed by atoms with Gasteiger partial charge in [0.15, 0.2) is 17.4 Å². The second-order valence-electron chi connectivity index (χ2n) is 5.93. The third kappa shape index (κ3) is 4.79. The first-order chi connectivity index (χ1) is 14.3. The topological polar surface area (TPSA) is 89.3 Å².